The van der Waals surface area contributed by atoms with Gasteiger partial charge in [-0.25, -0.2) is 0 Å². The van der Waals surface area contributed by atoms with Crippen LogP contribution in [0.2, 0.25) is 0 Å². The Hall–Kier alpha value is -0.770. The first-order valence-corrected chi connectivity index (χ1v) is 8.78. The van der Waals surface area contributed by atoms with Gasteiger partial charge in [0.1, 0.15) is 0 Å². The van der Waals surface area contributed by atoms with E-state index in [9.17, 15) is 5.11 Å². The van der Waals surface area contributed by atoms with Gasteiger partial charge in [-0.1, -0.05) is 33.1 Å². The van der Waals surface area contributed by atoms with Gasteiger partial charge in [0, 0.05) is 19.6 Å². The summed E-state index contributed by atoms with van der Waals surface area (Å²) in [5.74, 6) is 2.43. The van der Waals surface area contributed by atoms with Gasteiger partial charge < -0.3 is 15.3 Å². The summed E-state index contributed by atoms with van der Waals surface area (Å²) in [6.45, 7) is 10.3. The number of nitrogens with one attached hydrogen (secondary N) is 1. The third kappa shape index (κ3) is 4.87. The molecule has 0 bridgehead atoms. The number of rotatable bonds is 3. The van der Waals surface area contributed by atoms with Gasteiger partial charge in [-0.05, 0) is 38.0 Å². The first kappa shape index (κ1) is 16.6. The highest BCUT2D eigenvalue weighted by Gasteiger charge is 2.30. The lowest BCUT2D eigenvalue weighted by Gasteiger charge is -2.38. The molecule has 0 aromatic rings. The van der Waals surface area contributed by atoms with Crippen molar-refractivity contribution in [2.45, 2.75) is 64.9 Å². The van der Waals surface area contributed by atoms with E-state index in [1.807, 2.05) is 0 Å². The highest BCUT2D eigenvalue weighted by atomic mass is 16.3. The predicted octanol–water partition coefficient (Wildman–Crippen LogP) is 2.63. The summed E-state index contributed by atoms with van der Waals surface area (Å²) < 4.78 is 0. The van der Waals surface area contributed by atoms with Crippen LogP contribution in [0.3, 0.4) is 0 Å². The van der Waals surface area contributed by atoms with Gasteiger partial charge in [0.15, 0.2) is 5.96 Å². The summed E-state index contributed by atoms with van der Waals surface area (Å²) in [5, 5.41) is 14.1. The molecule has 2 atom stereocenters. The summed E-state index contributed by atoms with van der Waals surface area (Å²) in [4.78, 5) is 7.17. The van der Waals surface area contributed by atoms with E-state index in [0.29, 0.717) is 6.54 Å². The van der Waals surface area contributed by atoms with E-state index < -0.39 is 5.60 Å². The molecule has 2 unspecified atom stereocenters. The molecule has 0 amide bonds. The molecular weight excluding hydrogens is 262 g/mol. The number of aliphatic imine (C=N–C) groups is 1. The van der Waals surface area contributed by atoms with Crippen molar-refractivity contribution in [3.63, 3.8) is 0 Å². The largest absolute Gasteiger partial charge is 0.388 e. The fourth-order valence-electron chi connectivity index (χ4n) is 3.85. The van der Waals surface area contributed by atoms with Crippen LogP contribution in [0.15, 0.2) is 4.99 Å². The van der Waals surface area contributed by atoms with Gasteiger partial charge in [-0.15, -0.1) is 0 Å². The van der Waals surface area contributed by atoms with Crippen molar-refractivity contribution in [1.82, 2.24) is 10.2 Å². The lowest BCUT2D eigenvalue weighted by molar-refractivity contribution is 0.0128. The Morgan fingerprint density at radius 2 is 1.81 bits per heavy atom. The average Bonchev–Trinajstić information content (AvgIpc) is 2.43. The summed E-state index contributed by atoms with van der Waals surface area (Å²) in [5.41, 5.74) is -0.564. The molecular formula is C17H33N3O. The highest BCUT2D eigenvalue weighted by Crippen LogP contribution is 2.28. The summed E-state index contributed by atoms with van der Waals surface area (Å²) >= 11 is 0. The van der Waals surface area contributed by atoms with Gasteiger partial charge in [-0.2, -0.15) is 0 Å². The Morgan fingerprint density at radius 1 is 1.19 bits per heavy atom. The molecule has 122 valence electrons. The molecule has 0 radical (unpaired) electrons. The number of likely N-dealkylation sites (tertiary alicyclic amines) is 1. The molecule has 1 heterocycles. The van der Waals surface area contributed by atoms with Crippen LogP contribution in [-0.2, 0) is 0 Å². The third-order valence-electron chi connectivity index (χ3n) is 4.81. The van der Waals surface area contributed by atoms with Crippen LogP contribution < -0.4 is 5.32 Å². The zero-order valence-electron chi connectivity index (χ0n) is 14.1. The minimum absolute atomic E-state index is 0.550. The van der Waals surface area contributed by atoms with E-state index in [-0.39, 0.29) is 0 Å². The van der Waals surface area contributed by atoms with Crippen LogP contribution in [0.25, 0.3) is 0 Å². The van der Waals surface area contributed by atoms with Gasteiger partial charge in [0.25, 0.3) is 0 Å². The Labute approximate surface area is 130 Å². The van der Waals surface area contributed by atoms with Gasteiger partial charge in [0.2, 0.25) is 0 Å². The monoisotopic (exact) mass is 295 g/mol. The van der Waals surface area contributed by atoms with Crippen molar-refractivity contribution in [2.75, 3.05) is 26.2 Å². The predicted molar refractivity (Wildman–Crippen MR) is 88.5 cm³/mol. The molecule has 1 saturated carbocycles. The van der Waals surface area contributed by atoms with E-state index in [2.05, 4.69) is 31.0 Å². The van der Waals surface area contributed by atoms with Crippen molar-refractivity contribution in [2.24, 2.45) is 16.8 Å². The molecule has 1 aliphatic heterocycles. The molecule has 21 heavy (non-hydrogen) atoms. The lowest BCUT2D eigenvalue weighted by Crippen LogP contribution is -2.49. The summed E-state index contributed by atoms with van der Waals surface area (Å²) in [6, 6.07) is 0. The molecule has 2 fully saturated rings. The highest BCUT2D eigenvalue weighted by molar-refractivity contribution is 5.80. The van der Waals surface area contributed by atoms with Crippen LogP contribution in [0.1, 0.15) is 59.3 Å². The molecule has 0 aromatic carbocycles. The Balaban J connectivity index is 2.01. The number of nitrogens with zero attached hydrogens (tertiary/aromatic N) is 2. The Bertz CT molecular complexity index is 340. The molecule has 4 heteroatoms. The number of guanidine groups is 1. The van der Waals surface area contributed by atoms with Crippen molar-refractivity contribution in [3.05, 3.63) is 0 Å². The normalized spacial score (nSPS) is 30.3. The Morgan fingerprint density at radius 3 is 2.38 bits per heavy atom. The molecule has 4 nitrogen and oxygen atoms in total. The minimum atomic E-state index is -0.564. The number of hydrogen-bond acceptors (Lipinski definition) is 2. The lowest BCUT2D eigenvalue weighted by atomic mass is 9.85. The maximum absolute atomic E-state index is 10.6. The minimum Gasteiger partial charge on any atom is -0.388 e. The van der Waals surface area contributed by atoms with Crippen LogP contribution in [0.5, 0.6) is 0 Å². The topological polar surface area (TPSA) is 47.9 Å². The Kier molecular flexibility index (Phi) is 5.91. The van der Waals surface area contributed by atoms with Crippen molar-refractivity contribution in [3.8, 4) is 0 Å². The maximum atomic E-state index is 10.6. The molecule has 1 saturated heterocycles. The SMILES string of the molecule is CCNC(=NCC1(O)CCCCC1)N1CC(C)CC(C)C1. The van der Waals surface area contributed by atoms with Gasteiger partial charge >= 0.3 is 0 Å². The molecule has 2 aliphatic rings. The summed E-state index contributed by atoms with van der Waals surface area (Å²) in [6.07, 6.45) is 6.65. The second-order valence-electron chi connectivity index (χ2n) is 7.31. The zero-order valence-corrected chi connectivity index (χ0v) is 14.1. The smallest absolute Gasteiger partial charge is 0.194 e. The van der Waals surface area contributed by atoms with E-state index in [1.165, 1.54) is 12.8 Å². The van der Waals surface area contributed by atoms with Crippen molar-refractivity contribution in [1.29, 1.82) is 0 Å². The molecule has 2 rings (SSSR count). The van der Waals surface area contributed by atoms with Gasteiger partial charge in [0.05, 0.1) is 12.1 Å². The molecule has 0 aromatic heterocycles. The van der Waals surface area contributed by atoms with E-state index >= 15 is 0 Å². The van der Waals surface area contributed by atoms with Crippen LogP contribution in [-0.4, -0.2) is 47.7 Å². The maximum Gasteiger partial charge on any atom is 0.194 e. The van der Waals surface area contributed by atoms with Crippen LogP contribution in [0.4, 0.5) is 0 Å². The van der Waals surface area contributed by atoms with Gasteiger partial charge in [-0.3, -0.25) is 4.99 Å². The first-order valence-electron chi connectivity index (χ1n) is 8.78. The van der Waals surface area contributed by atoms with Crippen molar-refractivity contribution < 1.29 is 5.11 Å². The molecule has 0 spiro atoms. The quantitative estimate of drug-likeness (QED) is 0.621. The third-order valence-corrected chi connectivity index (χ3v) is 4.81. The number of aliphatic hydroxyl groups is 1. The molecule has 2 N–H and O–H groups in total. The second-order valence-corrected chi connectivity index (χ2v) is 7.31. The van der Waals surface area contributed by atoms with E-state index in [4.69, 9.17) is 4.99 Å². The van der Waals surface area contributed by atoms with Crippen LogP contribution >= 0.6 is 0 Å². The fourth-order valence-corrected chi connectivity index (χ4v) is 3.85. The number of hydrogen-bond donors (Lipinski definition) is 2. The standard InChI is InChI=1S/C17H33N3O/c1-4-18-16(20-11-14(2)10-15(3)12-20)19-13-17(21)8-6-5-7-9-17/h14-15,21H,4-13H2,1-3H3,(H,18,19). The summed E-state index contributed by atoms with van der Waals surface area (Å²) in [7, 11) is 0. The first-order chi connectivity index (χ1) is 10.0. The molecule has 1 aliphatic carbocycles. The van der Waals surface area contributed by atoms with Crippen LogP contribution in [0, 0.1) is 11.8 Å². The van der Waals surface area contributed by atoms with E-state index in [0.717, 1.165) is 63.1 Å². The zero-order chi connectivity index (χ0) is 15.3. The average molecular weight is 295 g/mol. The van der Waals surface area contributed by atoms with E-state index in [1.54, 1.807) is 0 Å². The number of piperidine rings is 1. The van der Waals surface area contributed by atoms with Crippen molar-refractivity contribution >= 4 is 5.96 Å². The fraction of sp³-hybridized carbons (Fsp3) is 0.941. The second kappa shape index (κ2) is 7.48.